The number of nitrogens with zero attached hydrogens (tertiary/aromatic N) is 3. The molecule has 1 aliphatic rings. The monoisotopic (exact) mass is 260 g/mol. The Morgan fingerprint density at radius 3 is 3.05 bits per heavy atom. The van der Waals surface area contributed by atoms with Crippen molar-refractivity contribution >= 4 is 5.95 Å². The molecule has 0 bridgehead atoms. The Morgan fingerprint density at radius 2 is 2.32 bits per heavy atom. The van der Waals surface area contributed by atoms with Crippen LogP contribution >= 0.6 is 0 Å². The second-order valence-corrected chi connectivity index (χ2v) is 4.77. The van der Waals surface area contributed by atoms with Gasteiger partial charge < -0.3 is 15.6 Å². The number of hydrogen-bond donors (Lipinski definition) is 3. The molecule has 2 aromatic rings. The molecule has 19 heavy (non-hydrogen) atoms. The summed E-state index contributed by atoms with van der Waals surface area (Å²) in [5.41, 5.74) is 6.62. The molecule has 1 fully saturated rings. The van der Waals surface area contributed by atoms with Gasteiger partial charge in [0.2, 0.25) is 11.5 Å². The average Bonchev–Trinajstić information content (AvgIpc) is 2.89. The van der Waals surface area contributed by atoms with Crippen LogP contribution in [0.1, 0.15) is 12.8 Å². The smallest absolute Gasteiger partial charge is 0.247 e. The summed E-state index contributed by atoms with van der Waals surface area (Å²) < 4.78 is 0. The molecule has 1 aliphatic heterocycles. The highest BCUT2D eigenvalue weighted by molar-refractivity contribution is 5.54. The Bertz CT molecular complexity index is 598. The number of aromatic nitrogens is 4. The lowest BCUT2D eigenvalue weighted by molar-refractivity contribution is 0.500. The zero-order valence-corrected chi connectivity index (χ0v) is 10.5. The maximum absolute atomic E-state index is 11.0. The number of H-pyrrole nitrogens is 2. The van der Waals surface area contributed by atoms with Gasteiger partial charge in [-0.25, -0.2) is 0 Å². The molecule has 3 heterocycles. The van der Waals surface area contributed by atoms with Crippen molar-refractivity contribution in [1.82, 2.24) is 20.2 Å². The van der Waals surface area contributed by atoms with E-state index < -0.39 is 0 Å². The molecule has 1 atom stereocenters. The molecule has 2 aromatic heterocycles. The molecule has 7 heteroatoms. The zero-order valence-electron chi connectivity index (χ0n) is 10.5. The third-order valence-corrected chi connectivity index (χ3v) is 3.27. The van der Waals surface area contributed by atoms with E-state index in [1.165, 1.54) is 6.07 Å². The normalized spacial score (nSPS) is 19.6. The fourth-order valence-corrected chi connectivity index (χ4v) is 2.27. The molecule has 0 aromatic carbocycles. The minimum atomic E-state index is -0.134. The van der Waals surface area contributed by atoms with Gasteiger partial charge in [0, 0.05) is 37.0 Å². The first kappa shape index (κ1) is 11.9. The standard InChI is InChI=1S/C12H16N6O/c13-9-2-1-5-18(7-9)12-15-11(16-17-12)8-3-4-10(19)14-6-8/h3-4,6,9H,1-2,5,7,13H2,(H,14,19)(H,15,16,17). The molecular formula is C12H16N6O. The van der Waals surface area contributed by atoms with E-state index in [9.17, 15) is 4.79 Å². The van der Waals surface area contributed by atoms with Gasteiger partial charge in [0.1, 0.15) is 0 Å². The van der Waals surface area contributed by atoms with E-state index in [-0.39, 0.29) is 11.6 Å². The van der Waals surface area contributed by atoms with Crippen molar-refractivity contribution in [1.29, 1.82) is 0 Å². The molecule has 1 unspecified atom stereocenters. The first-order valence-electron chi connectivity index (χ1n) is 6.34. The molecule has 1 saturated heterocycles. The highest BCUT2D eigenvalue weighted by Gasteiger charge is 2.20. The maximum Gasteiger partial charge on any atom is 0.247 e. The quantitative estimate of drug-likeness (QED) is 0.710. The lowest BCUT2D eigenvalue weighted by Crippen LogP contribution is -2.43. The third-order valence-electron chi connectivity index (χ3n) is 3.27. The van der Waals surface area contributed by atoms with Crippen LogP contribution in [0.5, 0.6) is 0 Å². The summed E-state index contributed by atoms with van der Waals surface area (Å²) in [6.07, 6.45) is 3.73. The van der Waals surface area contributed by atoms with Crippen molar-refractivity contribution in [3.8, 4) is 11.4 Å². The van der Waals surface area contributed by atoms with Crippen LogP contribution in [-0.4, -0.2) is 39.3 Å². The molecule has 0 saturated carbocycles. The number of nitrogens with two attached hydrogens (primary N) is 1. The second-order valence-electron chi connectivity index (χ2n) is 4.77. The van der Waals surface area contributed by atoms with Crippen LogP contribution in [0.25, 0.3) is 11.4 Å². The van der Waals surface area contributed by atoms with Gasteiger partial charge in [-0.3, -0.25) is 9.89 Å². The first-order chi connectivity index (χ1) is 9.22. The number of anilines is 1. The summed E-state index contributed by atoms with van der Waals surface area (Å²) in [7, 11) is 0. The Hall–Kier alpha value is -2.15. The number of rotatable bonds is 2. The largest absolute Gasteiger partial charge is 0.338 e. The van der Waals surface area contributed by atoms with E-state index in [0.717, 1.165) is 31.5 Å². The summed E-state index contributed by atoms with van der Waals surface area (Å²) in [4.78, 5) is 20.2. The molecule has 0 radical (unpaired) electrons. The van der Waals surface area contributed by atoms with Gasteiger partial charge in [-0.2, -0.15) is 4.98 Å². The van der Waals surface area contributed by atoms with E-state index in [0.29, 0.717) is 11.8 Å². The number of aromatic amines is 2. The molecule has 0 spiro atoms. The Balaban J connectivity index is 1.82. The van der Waals surface area contributed by atoms with Crippen LogP contribution in [0.4, 0.5) is 5.95 Å². The van der Waals surface area contributed by atoms with Crippen LogP contribution in [0.3, 0.4) is 0 Å². The Morgan fingerprint density at radius 1 is 1.42 bits per heavy atom. The highest BCUT2D eigenvalue weighted by Crippen LogP contribution is 2.18. The summed E-state index contributed by atoms with van der Waals surface area (Å²) in [6.45, 7) is 1.71. The zero-order chi connectivity index (χ0) is 13.2. The van der Waals surface area contributed by atoms with E-state index in [1.54, 1.807) is 12.3 Å². The van der Waals surface area contributed by atoms with Gasteiger partial charge in [0.05, 0.1) is 0 Å². The summed E-state index contributed by atoms with van der Waals surface area (Å²) >= 11 is 0. The van der Waals surface area contributed by atoms with Crippen LogP contribution in [0, 0.1) is 0 Å². The van der Waals surface area contributed by atoms with E-state index in [4.69, 9.17) is 5.73 Å². The Labute approximate surface area is 109 Å². The summed E-state index contributed by atoms with van der Waals surface area (Å²) in [5, 5.41) is 7.10. The van der Waals surface area contributed by atoms with Gasteiger partial charge in [0.25, 0.3) is 0 Å². The predicted octanol–water partition coefficient (Wildman–Crippen LogP) is 0.0875. The molecule has 4 N–H and O–H groups in total. The number of hydrogen-bond acceptors (Lipinski definition) is 5. The van der Waals surface area contributed by atoms with Gasteiger partial charge in [-0.1, -0.05) is 0 Å². The van der Waals surface area contributed by atoms with Crippen LogP contribution in [0.2, 0.25) is 0 Å². The van der Waals surface area contributed by atoms with Crippen molar-refractivity contribution in [2.45, 2.75) is 18.9 Å². The van der Waals surface area contributed by atoms with Crippen molar-refractivity contribution in [2.24, 2.45) is 5.73 Å². The number of pyridine rings is 1. The molecule has 3 rings (SSSR count). The predicted molar refractivity (Wildman–Crippen MR) is 71.9 cm³/mol. The maximum atomic E-state index is 11.0. The topological polar surface area (TPSA) is 104 Å². The summed E-state index contributed by atoms with van der Waals surface area (Å²) in [6, 6.07) is 3.36. The molecule has 100 valence electrons. The molecule has 0 amide bonds. The van der Waals surface area contributed by atoms with Crippen LogP contribution < -0.4 is 16.2 Å². The van der Waals surface area contributed by atoms with Gasteiger partial charge in [-0.05, 0) is 18.9 Å². The van der Waals surface area contributed by atoms with Crippen LogP contribution in [-0.2, 0) is 0 Å². The molecular weight excluding hydrogens is 244 g/mol. The fraction of sp³-hybridized carbons (Fsp3) is 0.417. The Kier molecular flexibility index (Phi) is 3.04. The molecule has 0 aliphatic carbocycles. The average molecular weight is 260 g/mol. The van der Waals surface area contributed by atoms with Gasteiger partial charge in [-0.15, -0.1) is 5.10 Å². The lowest BCUT2D eigenvalue weighted by atomic mass is 10.1. The number of piperidine rings is 1. The van der Waals surface area contributed by atoms with E-state index in [2.05, 4.69) is 25.1 Å². The summed E-state index contributed by atoms with van der Waals surface area (Å²) in [5.74, 6) is 1.31. The van der Waals surface area contributed by atoms with Crippen LogP contribution in [0.15, 0.2) is 23.1 Å². The number of nitrogens with one attached hydrogen (secondary N) is 2. The van der Waals surface area contributed by atoms with Crippen molar-refractivity contribution in [2.75, 3.05) is 18.0 Å². The van der Waals surface area contributed by atoms with Gasteiger partial charge in [0.15, 0.2) is 5.82 Å². The van der Waals surface area contributed by atoms with E-state index in [1.807, 2.05) is 0 Å². The van der Waals surface area contributed by atoms with Gasteiger partial charge >= 0.3 is 0 Å². The lowest BCUT2D eigenvalue weighted by Gasteiger charge is -2.29. The minimum absolute atomic E-state index is 0.134. The van der Waals surface area contributed by atoms with Crippen molar-refractivity contribution in [3.63, 3.8) is 0 Å². The minimum Gasteiger partial charge on any atom is -0.338 e. The molecule has 7 nitrogen and oxygen atoms in total. The van der Waals surface area contributed by atoms with Crippen molar-refractivity contribution in [3.05, 3.63) is 28.7 Å². The van der Waals surface area contributed by atoms with Crippen molar-refractivity contribution < 1.29 is 0 Å². The first-order valence-corrected chi connectivity index (χ1v) is 6.34. The third kappa shape index (κ3) is 2.50. The second kappa shape index (κ2) is 4.85. The SMILES string of the molecule is NC1CCCN(c2n[nH]c(-c3ccc(=O)[nH]c3)n2)C1. The fourth-order valence-electron chi connectivity index (χ4n) is 2.27. The highest BCUT2D eigenvalue weighted by atomic mass is 16.1. The van der Waals surface area contributed by atoms with E-state index >= 15 is 0 Å².